The summed E-state index contributed by atoms with van der Waals surface area (Å²) in [6, 6.07) is 5.44. The van der Waals surface area contributed by atoms with Gasteiger partial charge in [0.1, 0.15) is 0 Å². The smallest absolute Gasteiger partial charge is 0.377 e. The summed E-state index contributed by atoms with van der Waals surface area (Å²) in [6.07, 6.45) is 0. The number of aromatic nitrogens is 2. The second kappa shape index (κ2) is 4.50. The Labute approximate surface area is 112 Å². The van der Waals surface area contributed by atoms with E-state index >= 15 is 0 Å². The molecule has 0 atom stereocenters. The lowest BCUT2D eigenvalue weighted by Gasteiger charge is -1.97. The summed E-state index contributed by atoms with van der Waals surface area (Å²) >= 11 is 5.53. The van der Waals surface area contributed by atoms with Crippen molar-refractivity contribution in [2.24, 2.45) is 0 Å². The lowest BCUT2D eigenvalue weighted by Crippen LogP contribution is -1.98. The second-order valence-corrected chi connectivity index (χ2v) is 4.87. The lowest BCUT2D eigenvalue weighted by molar-refractivity contribution is 0.0680. The molecule has 7 heteroatoms. The summed E-state index contributed by atoms with van der Waals surface area (Å²) in [5.41, 5.74) is 0.673. The Balaban J connectivity index is 2.42. The molecule has 0 spiro atoms. The molecule has 0 bridgehead atoms. The van der Waals surface area contributed by atoms with E-state index in [2.05, 4.69) is 48.7 Å². The van der Waals surface area contributed by atoms with Gasteiger partial charge < -0.3 is 9.63 Å². The van der Waals surface area contributed by atoms with Crippen LogP contribution in [0.5, 0.6) is 0 Å². The molecule has 0 saturated heterocycles. The molecule has 5 nitrogen and oxygen atoms in total. The molecule has 1 aromatic carbocycles. The first-order valence-corrected chi connectivity index (χ1v) is 5.97. The van der Waals surface area contributed by atoms with E-state index in [0.29, 0.717) is 5.56 Å². The van der Waals surface area contributed by atoms with Crippen LogP contribution < -0.4 is 0 Å². The Bertz CT molecular complexity index is 555. The maximum Gasteiger partial charge on any atom is 0.377 e. The number of carbonyl (C=O) groups is 1. The number of aromatic carboxylic acids is 1. The van der Waals surface area contributed by atoms with E-state index in [-0.39, 0.29) is 11.7 Å². The molecule has 0 unspecified atom stereocenters. The molecule has 1 aromatic heterocycles. The maximum atomic E-state index is 10.6. The number of hydrogen-bond acceptors (Lipinski definition) is 4. The first-order valence-electron chi connectivity index (χ1n) is 4.10. The summed E-state index contributed by atoms with van der Waals surface area (Å²) in [6.45, 7) is 0. The van der Waals surface area contributed by atoms with Crippen molar-refractivity contribution < 1.29 is 14.4 Å². The Morgan fingerprint density at radius 2 is 2.25 bits per heavy atom. The number of carboxylic acid groups (broad SMARTS) is 1. The number of rotatable bonds is 2. The van der Waals surface area contributed by atoms with Gasteiger partial charge in [0.25, 0.3) is 11.7 Å². The minimum absolute atomic E-state index is 0.189. The number of nitrogens with zero attached hydrogens (tertiary/aromatic N) is 2. The molecule has 0 fully saturated rings. The van der Waals surface area contributed by atoms with Crippen molar-refractivity contribution in [1.29, 1.82) is 0 Å². The molecule has 0 aliphatic carbocycles. The summed E-state index contributed by atoms with van der Waals surface area (Å²) in [5.74, 6) is -1.36. The van der Waals surface area contributed by atoms with Crippen LogP contribution in [0.4, 0.5) is 0 Å². The van der Waals surface area contributed by atoms with Gasteiger partial charge >= 0.3 is 5.97 Å². The molecule has 0 aliphatic rings. The highest BCUT2D eigenvalue weighted by molar-refractivity contribution is 14.1. The van der Waals surface area contributed by atoms with Gasteiger partial charge in [0.15, 0.2) is 0 Å². The van der Waals surface area contributed by atoms with E-state index in [1.54, 1.807) is 12.1 Å². The SMILES string of the molecule is O=C(O)c1noc(-c2ccc(I)c(Br)c2)n1. The summed E-state index contributed by atoms with van der Waals surface area (Å²) in [5, 5.41) is 12.0. The van der Waals surface area contributed by atoms with Crippen LogP contribution in [0.25, 0.3) is 11.5 Å². The van der Waals surface area contributed by atoms with E-state index in [1.807, 2.05) is 6.07 Å². The van der Waals surface area contributed by atoms with Crippen LogP contribution in [0.3, 0.4) is 0 Å². The van der Waals surface area contributed by atoms with Crippen LogP contribution >= 0.6 is 38.5 Å². The summed E-state index contributed by atoms with van der Waals surface area (Å²) in [7, 11) is 0. The molecule has 2 aromatic rings. The zero-order valence-corrected chi connectivity index (χ0v) is 11.4. The van der Waals surface area contributed by atoms with Gasteiger partial charge in [0.2, 0.25) is 0 Å². The lowest BCUT2D eigenvalue weighted by atomic mass is 10.2. The molecule has 16 heavy (non-hydrogen) atoms. The molecule has 82 valence electrons. The van der Waals surface area contributed by atoms with E-state index in [1.165, 1.54) is 0 Å². The number of benzene rings is 1. The highest BCUT2D eigenvalue weighted by atomic mass is 127. The quantitative estimate of drug-likeness (QED) is 0.792. The summed E-state index contributed by atoms with van der Waals surface area (Å²) in [4.78, 5) is 14.3. The molecule has 0 saturated carbocycles. The second-order valence-electron chi connectivity index (χ2n) is 2.86. The Morgan fingerprint density at radius 3 is 2.81 bits per heavy atom. The molecule has 2 rings (SSSR count). The first kappa shape index (κ1) is 11.5. The third-order valence-corrected chi connectivity index (χ3v) is 4.12. The van der Waals surface area contributed by atoms with E-state index in [0.717, 1.165) is 8.04 Å². The predicted octanol–water partition coefficient (Wildman–Crippen LogP) is 2.80. The Kier molecular flexibility index (Phi) is 3.24. The maximum absolute atomic E-state index is 10.6. The molecule has 0 aliphatic heterocycles. The zero-order valence-electron chi connectivity index (χ0n) is 7.65. The highest BCUT2D eigenvalue weighted by Gasteiger charge is 2.14. The average molecular weight is 395 g/mol. The number of halogens is 2. The first-order chi connectivity index (χ1) is 7.58. The van der Waals surface area contributed by atoms with Crippen molar-refractivity contribution in [3.05, 3.63) is 32.1 Å². The van der Waals surface area contributed by atoms with Gasteiger partial charge in [-0.1, -0.05) is 0 Å². The normalized spacial score (nSPS) is 10.4. The van der Waals surface area contributed by atoms with Gasteiger partial charge in [0.05, 0.1) is 0 Å². The third kappa shape index (κ3) is 2.24. The summed E-state index contributed by atoms with van der Waals surface area (Å²) < 4.78 is 6.77. The van der Waals surface area contributed by atoms with E-state index in [4.69, 9.17) is 9.63 Å². The van der Waals surface area contributed by atoms with E-state index in [9.17, 15) is 4.79 Å². The third-order valence-electron chi connectivity index (χ3n) is 1.78. The monoisotopic (exact) mass is 394 g/mol. The average Bonchev–Trinajstić information content (AvgIpc) is 2.71. The van der Waals surface area contributed by atoms with Crippen LogP contribution in [0.15, 0.2) is 27.2 Å². The molecular weight excluding hydrogens is 391 g/mol. The van der Waals surface area contributed by atoms with Gasteiger partial charge in [-0.3, -0.25) is 0 Å². The number of hydrogen-bond donors (Lipinski definition) is 1. The van der Waals surface area contributed by atoms with Gasteiger partial charge in [-0.15, -0.1) is 0 Å². The van der Waals surface area contributed by atoms with Gasteiger partial charge in [-0.2, -0.15) is 4.98 Å². The minimum Gasteiger partial charge on any atom is -0.475 e. The van der Waals surface area contributed by atoms with Crippen molar-refractivity contribution in [2.45, 2.75) is 0 Å². The fourth-order valence-electron chi connectivity index (χ4n) is 1.06. The minimum atomic E-state index is -1.21. The topological polar surface area (TPSA) is 76.2 Å². The van der Waals surface area contributed by atoms with Crippen molar-refractivity contribution in [1.82, 2.24) is 10.1 Å². The van der Waals surface area contributed by atoms with Crippen molar-refractivity contribution >= 4 is 44.5 Å². The van der Waals surface area contributed by atoms with Gasteiger partial charge in [0, 0.05) is 13.6 Å². The molecule has 0 radical (unpaired) electrons. The Hall–Kier alpha value is -0.960. The Morgan fingerprint density at radius 1 is 1.50 bits per heavy atom. The van der Waals surface area contributed by atoms with Gasteiger partial charge in [-0.05, 0) is 61.9 Å². The zero-order chi connectivity index (χ0) is 11.7. The van der Waals surface area contributed by atoms with E-state index < -0.39 is 5.97 Å². The van der Waals surface area contributed by atoms with Crippen LogP contribution in [0.1, 0.15) is 10.6 Å². The van der Waals surface area contributed by atoms with Crippen molar-refractivity contribution in [3.8, 4) is 11.5 Å². The fourth-order valence-corrected chi connectivity index (χ4v) is 1.77. The standard InChI is InChI=1S/C9H4BrIN2O3/c10-5-3-4(1-2-6(5)11)8-12-7(9(14)15)13-16-8/h1-3H,(H,14,15). The molecule has 1 N–H and O–H groups in total. The van der Waals surface area contributed by atoms with Crippen molar-refractivity contribution in [2.75, 3.05) is 0 Å². The van der Waals surface area contributed by atoms with Crippen molar-refractivity contribution in [3.63, 3.8) is 0 Å². The van der Waals surface area contributed by atoms with Crippen LogP contribution in [0, 0.1) is 3.57 Å². The molecule has 1 heterocycles. The molecular formula is C9H4BrIN2O3. The molecule has 0 amide bonds. The fraction of sp³-hybridized carbons (Fsp3) is 0. The predicted molar refractivity (Wildman–Crippen MR) is 67.1 cm³/mol. The van der Waals surface area contributed by atoms with Crippen LogP contribution in [-0.2, 0) is 0 Å². The van der Waals surface area contributed by atoms with Crippen LogP contribution in [0.2, 0.25) is 0 Å². The number of carboxylic acids is 1. The van der Waals surface area contributed by atoms with Crippen LogP contribution in [-0.4, -0.2) is 21.2 Å². The largest absolute Gasteiger partial charge is 0.475 e. The highest BCUT2D eigenvalue weighted by Crippen LogP contribution is 2.25. The van der Waals surface area contributed by atoms with Gasteiger partial charge in [-0.25, -0.2) is 4.79 Å².